The lowest BCUT2D eigenvalue weighted by Crippen LogP contribution is -2.49. The van der Waals surface area contributed by atoms with Crippen LogP contribution in [0.2, 0.25) is 0 Å². The summed E-state index contributed by atoms with van der Waals surface area (Å²) in [6.45, 7) is 2.87. The van der Waals surface area contributed by atoms with Crippen molar-refractivity contribution in [1.82, 2.24) is 10.2 Å². The Labute approximate surface area is 149 Å². The Kier molecular flexibility index (Phi) is 5.79. The number of carbonyl (C=O) groups excluding carboxylic acids is 2. The molecule has 2 amide bonds. The molecule has 136 valence electrons. The summed E-state index contributed by atoms with van der Waals surface area (Å²) in [6, 6.07) is 8.23. The number of rotatable bonds is 5. The van der Waals surface area contributed by atoms with Crippen molar-refractivity contribution in [3.05, 3.63) is 24.3 Å². The lowest BCUT2D eigenvalue weighted by atomic mass is 10.2. The molecule has 0 atom stereocenters. The lowest BCUT2D eigenvalue weighted by Gasteiger charge is -2.36. The summed E-state index contributed by atoms with van der Waals surface area (Å²) in [5.74, 6) is 0.644. The number of methoxy groups -OCH3 is 1. The van der Waals surface area contributed by atoms with Crippen LogP contribution in [0.25, 0.3) is 0 Å². The van der Waals surface area contributed by atoms with Crippen LogP contribution in [0.4, 0.5) is 5.69 Å². The van der Waals surface area contributed by atoms with E-state index in [4.69, 9.17) is 4.74 Å². The van der Waals surface area contributed by atoms with Crippen LogP contribution in [0.5, 0.6) is 5.75 Å². The van der Waals surface area contributed by atoms with Crippen molar-refractivity contribution >= 4 is 17.5 Å². The third-order valence-corrected chi connectivity index (χ3v) is 5.10. The average Bonchev–Trinajstić information content (AvgIpc) is 3.14. The first-order valence-corrected chi connectivity index (χ1v) is 9.12. The molecule has 0 radical (unpaired) electrons. The summed E-state index contributed by atoms with van der Waals surface area (Å²) < 4.78 is 5.18. The summed E-state index contributed by atoms with van der Waals surface area (Å²) in [6.07, 6.45) is 4.40. The molecule has 1 aliphatic carbocycles. The first-order chi connectivity index (χ1) is 12.2. The monoisotopic (exact) mass is 345 g/mol. The molecule has 6 heteroatoms. The molecular formula is C19H27N3O3. The van der Waals surface area contributed by atoms with Crippen molar-refractivity contribution in [2.45, 2.75) is 38.1 Å². The molecule has 1 saturated carbocycles. The molecule has 1 aromatic carbocycles. The highest BCUT2D eigenvalue weighted by molar-refractivity contribution is 5.97. The molecule has 0 unspecified atom stereocenters. The molecule has 1 aliphatic heterocycles. The van der Waals surface area contributed by atoms with E-state index in [1.165, 1.54) is 12.8 Å². The molecule has 6 nitrogen and oxygen atoms in total. The van der Waals surface area contributed by atoms with Crippen LogP contribution >= 0.6 is 0 Å². The fraction of sp³-hybridized carbons (Fsp3) is 0.579. The minimum absolute atomic E-state index is 0.0287. The van der Waals surface area contributed by atoms with Gasteiger partial charge >= 0.3 is 0 Å². The third-order valence-electron chi connectivity index (χ3n) is 5.10. The highest BCUT2D eigenvalue weighted by Crippen LogP contribution is 2.21. The van der Waals surface area contributed by atoms with Gasteiger partial charge in [0.25, 0.3) is 0 Å². The zero-order chi connectivity index (χ0) is 17.6. The van der Waals surface area contributed by atoms with Crippen LogP contribution < -0.4 is 15.0 Å². The van der Waals surface area contributed by atoms with Gasteiger partial charge in [0.2, 0.25) is 11.8 Å². The number of ether oxygens (including phenoxy) is 1. The number of anilines is 1. The summed E-state index contributed by atoms with van der Waals surface area (Å²) in [4.78, 5) is 28.4. The second kappa shape index (κ2) is 8.23. The van der Waals surface area contributed by atoms with Gasteiger partial charge in [-0.1, -0.05) is 12.8 Å². The molecule has 1 N–H and O–H groups in total. The molecule has 1 heterocycles. The molecule has 0 aromatic heterocycles. The van der Waals surface area contributed by atoms with E-state index >= 15 is 0 Å². The highest BCUT2D eigenvalue weighted by Gasteiger charge is 2.24. The smallest absolute Gasteiger partial charge is 0.232 e. The van der Waals surface area contributed by atoms with E-state index < -0.39 is 0 Å². The van der Waals surface area contributed by atoms with E-state index in [2.05, 4.69) is 10.2 Å². The van der Waals surface area contributed by atoms with Gasteiger partial charge in [-0.3, -0.25) is 9.59 Å². The Bertz CT molecular complexity index is 588. The molecule has 2 aliphatic rings. The van der Waals surface area contributed by atoms with E-state index in [1.54, 1.807) is 12.0 Å². The van der Waals surface area contributed by atoms with Crippen LogP contribution in [0.1, 0.15) is 32.1 Å². The largest absolute Gasteiger partial charge is 0.497 e. The normalized spacial score (nSPS) is 18.3. The molecule has 3 rings (SSSR count). The molecule has 25 heavy (non-hydrogen) atoms. The van der Waals surface area contributed by atoms with E-state index in [-0.39, 0.29) is 24.3 Å². The molecule has 1 aromatic rings. The zero-order valence-electron chi connectivity index (χ0n) is 14.9. The van der Waals surface area contributed by atoms with Gasteiger partial charge in [-0.15, -0.1) is 0 Å². The van der Waals surface area contributed by atoms with Gasteiger partial charge in [0.05, 0.1) is 7.11 Å². The van der Waals surface area contributed by atoms with Crippen molar-refractivity contribution in [2.24, 2.45) is 0 Å². The summed E-state index contributed by atoms with van der Waals surface area (Å²) >= 11 is 0. The highest BCUT2D eigenvalue weighted by atomic mass is 16.5. The maximum atomic E-state index is 12.3. The van der Waals surface area contributed by atoms with Gasteiger partial charge < -0.3 is 19.9 Å². The summed E-state index contributed by atoms with van der Waals surface area (Å²) in [7, 11) is 1.66. The van der Waals surface area contributed by atoms with E-state index in [9.17, 15) is 9.59 Å². The number of piperazine rings is 1. The Balaban J connectivity index is 1.44. The summed E-state index contributed by atoms with van der Waals surface area (Å²) in [5.41, 5.74) is 1.13. The van der Waals surface area contributed by atoms with E-state index in [1.807, 2.05) is 24.3 Å². The predicted octanol–water partition coefficient (Wildman–Crippen LogP) is 1.79. The third kappa shape index (κ3) is 4.65. The molecular weight excluding hydrogens is 318 g/mol. The number of benzene rings is 1. The SMILES string of the molecule is COc1ccc(N2CCN(C(=O)CC(=O)NC3CCCC3)CC2)cc1. The quantitative estimate of drug-likeness (QED) is 0.827. The van der Waals surface area contributed by atoms with Gasteiger partial charge in [0.15, 0.2) is 0 Å². The molecule has 0 bridgehead atoms. The van der Waals surface area contributed by atoms with Crippen molar-refractivity contribution in [3.63, 3.8) is 0 Å². The van der Waals surface area contributed by atoms with E-state index in [0.717, 1.165) is 37.4 Å². The predicted molar refractivity (Wildman–Crippen MR) is 96.8 cm³/mol. The fourth-order valence-electron chi connectivity index (χ4n) is 3.61. The van der Waals surface area contributed by atoms with Gasteiger partial charge in [0, 0.05) is 37.9 Å². The van der Waals surface area contributed by atoms with Crippen LogP contribution in [0.15, 0.2) is 24.3 Å². The Hall–Kier alpha value is -2.24. The zero-order valence-corrected chi connectivity index (χ0v) is 14.9. The minimum atomic E-state index is -0.130. The van der Waals surface area contributed by atoms with Crippen molar-refractivity contribution < 1.29 is 14.3 Å². The second-order valence-corrected chi connectivity index (χ2v) is 6.79. The van der Waals surface area contributed by atoms with Crippen molar-refractivity contribution in [1.29, 1.82) is 0 Å². The number of amides is 2. The van der Waals surface area contributed by atoms with Gasteiger partial charge in [-0.25, -0.2) is 0 Å². The number of carbonyl (C=O) groups is 2. The Morgan fingerprint density at radius 1 is 1.08 bits per heavy atom. The van der Waals surface area contributed by atoms with Crippen molar-refractivity contribution in [3.8, 4) is 5.75 Å². The van der Waals surface area contributed by atoms with Gasteiger partial charge in [0.1, 0.15) is 12.2 Å². The number of hydrogen-bond donors (Lipinski definition) is 1. The molecule has 2 fully saturated rings. The van der Waals surface area contributed by atoms with Gasteiger partial charge in [-0.2, -0.15) is 0 Å². The maximum Gasteiger partial charge on any atom is 0.232 e. The van der Waals surface area contributed by atoms with E-state index in [0.29, 0.717) is 13.1 Å². The van der Waals surface area contributed by atoms with Crippen LogP contribution in [-0.2, 0) is 9.59 Å². The van der Waals surface area contributed by atoms with Crippen LogP contribution in [0, 0.1) is 0 Å². The number of hydrogen-bond acceptors (Lipinski definition) is 4. The Morgan fingerprint density at radius 3 is 2.32 bits per heavy atom. The molecule has 1 saturated heterocycles. The van der Waals surface area contributed by atoms with Crippen LogP contribution in [-0.4, -0.2) is 56.0 Å². The first-order valence-electron chi connectivity index (χ1n) is 9.12. The summed E-state index contributed by atoms with van der Waals surface area (Å²) in [5, 5.41) is 2.99. The lowest BCUT2D eigenvalue weighted by molar-refractivity contribution is -0.136. The second-order valence-electron chi connectivity index (χ2n) is 6.79. The van der Waals surface area contributed by atoms with Gasteiger partial charge in [-0.05, 0) is 37.1 Å². The average molecular weight is 345 g/mol. The number of nitrogens with zero attached hydrogens (tertiary/aromatic N) is 2. The standard InChI is InChI=1S/C19H27N3O3/c1-25-17-8-6-16(7-9-17)21-10-12-22(13-11-21)19(24)14-18(23)20-15-4-2-3-5-15/h6-9,15H,2-5,10-14H2,1H3,(H,20,23). The maximum absolute atomic E-state index is 12.3. The molecule has 0 spiro atoms. The van der Waals surface area contributed by atoms with Crippen LogP contribution in [0.3, 0.4) is 0 Å². The topological polar surface area (TPSA) is 61.9 Å². The Morgan fingerprint density at radius 2 is 1.72 bits per heavy atom. The first kappa shape index (κ1) is 17.6. The fourth-order valence-corrected chi connectivity index (χ4v) is 3.61. The minimum Gasteiger partial charge on any atom is -0.497 e. The number of nitrogens with one attached hydrogen (secondary N) is 1. The van der Waals surface area contributed by atoms with Crippen molar-refractivity contribution in [2.75, 3.05) is 38.2 Å².